The summed E-state index contributed by atoms with van der Waals surface area (Å²) in [6, 6.07) is 25.9. The Morgan fingerprint density at radius 2 is 1.07 bits per heavy atom. The van der Waals surface area contributed by atoms with Crippen molar-refractivity contribution < 1.29 is 0 Å². The van der Waals surface area contributed by atoms with E-state index in [-0.39, 0.29) is 0 Å². The second-order valence-corrected chi connectivity index (χ2v) is 14.7. The van der Waals surface area contributed by atoms with Gasteiger partial charge in [0, 0.05) is 25.1 Å². The highest BCUT2D eigenvalue weighted by Gasteiger charge is 2.33. The third-order valence-electron chi connectivity index (χ3n) is 8.73. The van der Waals surface area contributed by atoms with Crippen LogP contribution in [0.5, 0.6) is 0 Å². The van der Waals surface area contributed by atoms with E-state index in [1.807, 2.05) is 0 Å². The minimum Gasteiger partial charge on any atom is -0.377 e. The molecule has 1 atom stereocenters. The van der Waals surface area contributed by atoms with Crippen LogP contribution in [-0.2, 0) is 0 Å². The molecule has 4 aromatic carbocycles. The molecule has 5 rings (SSSR count). The lowest BCUT2D eigenvalue weighted by molar-refractivity contribution is 0.513. The Hall–Kier alpha value is -2.89. The van der Waals surface area contributed by atoms with Gasteiger partial charge < -0.3 is 4.90 Å². The minimum atomic E-state index is -0.618. The molecular weight excluding hydrogens is 501 g/mol. The van der Waals surface area contributed by atoms with Crippen molar-refractivity contribution in [3.63, 3.8) is 0 Å². The first-order valence-electron chi connectivity index (χ1n) is 15.0. The molecule has 0 N–H and O–H groups in total. The number of anilines is 1. The van der Waals surface area contributed by atoms with Crippen LogP contribution in [0.15, 0.2) is 66.7 Å². The molecule has 0 amide bonds. The van der Waals surface area contributed by atoms with Crippen molar-refractivity contribution in [2.75, 3.05) is 19.0 Å². The first-order valence-corrected chi connectivity index (χ1v) is 16.4. The molecule has 0 aliphatic heterocycles. The second kappa shape index (κ2) is 11.9. The summed E-state index contributed by atoms with van der Waals surface area (Å²) >= 11 is 0. The predicted molar refractivity (Wildman–Crippen MR) is 180 cm³/mol. The van der Waals surface area contributed by atoms with Crippen LogP contribution >= 0.6 is 7.92 Å². The van der Waals surface area contributed by atoms with E-state index in [0.29, 0.717) is 5.66 Å². The molecule has 0 saturated heterocycles. The molecule has 208 valence electrons. The van der Waals surface area contributed by atoms with Crippen LogP contribution in [0.2, 0.25) is 0 Å². The van der Waals surface area contributed by atoms with Gasteiger partial charge in [-0.1, -0.05) is 91.1 Å². The highest BCUT2D eigenvalue weighted by molar-refractivity contribution is 7.74. The zero-order valence-electron chi connectivity index (χ0n) is 25.9. The summed E-state index contributed by atoms with van der Waals surface area (Å²) in [6.45, 7) is 13.7. The summed E-state index contributed by atoms with van der Waals surface area (Å²) in [6.07, 6.45) is 6.69. The lowest BCUT2D eigenvalue weighted by Gasteiger charge is -2.37. The fourth-order valence-corrected chi connectivity index (χ4v) is 10.8. The van der Waals surface area contributed by atoms with Crippen molar-refractivity contribution >= 4 is 24.2 Å². The molecule has 0 heterocycles. The maximum absolute atomic E-state index is 2.44. The van der Waals surface area contributed by atoms with E-state index in [1.54, 1.807) is 5.30 Å². The average Bonchev–Trinajstić information content (AvgIpc) is 2.90. The molecule has 1 nitrogen and oxygen atoms in total. The molecular formula is C38H46NP. The van der Waals surface area contributed by atoms with E-state index in [2.05, 4.69) is 127 Å². The van der Waals surface area contributed by atoms with Gasteiger partial charge in [0.15, 0.2) is 0 Å². The van der Waals surface area contributed by atoms with Gasteiger partial charge in [-0.05, 0) is 124 Å². The lowest BCUT2D eigenvalue weighted by Crippen LogP contribution is -2.29. The second-order valence-electron chi connectivity index (χ2n) is 12.3. The van der Waals surface area contributed by atoms with E-state index >= 15 is 0 Å². The van der Waals surface area contributed by atoms with Crippen molar-refractivity contribution in [1.29, 1.82) is 0 Å². The predicted octanol–water partition coefficient (Wildman–Crippen LogP) is 9.70. The van der Waals surface area contributed by atoms with Crippen LogP contribution in [0.4, 0.5) is 5.69 Å². The van der Waals surface area contributed by atoms with Crippen LogP contribution in [0.1, 0.15) is 65.5 Å². The Morgan fingerprint density at radius 1 is 0.600 bits per heavy atom. The summed E-state index contributed by atoms with van der Waals surface area (Å²) < 4.78 is 0. The third kappa shape index (κ3) is 5.51. The summed E-state index contributed by atoms with van der Waals surface area (Å²) in [7, 11) is 3.80. The van der Waals surface area contributed by atoms with Crippen molar-refractivity contribution in [2.24, 2.45) is 0 Å². The third-order valence-corrected chi connectivity index (χ3v) is 11.8. The van der Waals surface area contributed by atoms with Gasteiger partial charge in [-0.15, -0.1) is 0 Å². The highest BCUT2D eigenvalue weighted by atomic mass is 31.1. The topological polar surface area (TPSA) is 3.24 Å². The van der Waals surface area contributed by atoms with E-state index < -0.39 is 7.92 Å². The van der Waals surface area contributed by atoms with Crippen LogP contribution in [0, 0.1) is 41.5 Å². The SMILES string of the molecule is Cc1cc(C)c(-c2cccc(-c3c(C)cc(C)cc3C)c2P(c2ccccc2N(C)C)C2CCCCC2)c(C)c1. The Bertz CT molecular complexity index is 1400. The van der Waals surface area contributed by atoms with Gasteiger partial charge in [0.05, 0.1) is 0 Å². The Balaban J connectivity index is 1.92. The number of hydrogen-bond donors (Lipinski definition) is 0. The smallest absolute Gasteiger partial charge is 0.0442 e. The zero-order valence-corrected chi connectivity index (χ0v) is 26.8. The number of nitrogens with zero attached hydrogens (tertiary/aromatic N) is 1. The highest BCUT2D eigenvalue weighted by Crippen LogP contribution is 2.52. The van der Waals surface area contributed by atoms with Crippen LogP contribution in [-0.4, -0.2) is 19.8 Å². The number of hydrogen-bond acceptors (Lipinski definition) is 1. The van der Waals surface area contributed by atoms with Crippen LogP contribution in [0.25, 0.3) is 22.3 Å². The van der Waals surface area contributed by atoms with Gasteiger partial charge in [-0.2, -0.15) is 0 Å². The van der Waals surface area contributed by atoms with Gasteiger partial charge in [0.2, 0.25) is 0 Å². The monoisotopic (exact) mass is 547 g/mol. The normalized spacial score (nSPS) is 14.8. The van der Waals surface area contributed by atoms with E-state index in [0.717, 1.165) is 0 Å². The molecule has 0 radical (unpaired) electrons. The standard InChI is InChI=1S/C38H46NP/c1-25-21-27(3)36(28(4)22-25)32-17-14-18-33(37-29(5)23-26(2)24-30(37)6)38(32)40(31-15-10-9-11-16-31)35-20-13-12-19-34(35)39(7)8/h12-14,17-24,31H,9-11,15-16H2,1-8H3. The summed E-state index contributed by atoms with van der Waals surface area (Å²) in [5, 5.41) is 3.12. The summed E-state index contributed by atoms with van der Waals surface area (Å²) in [5.74, 6) is 0. The van der Waals surface area contributed by atoms with E-state index in [1.165, 1.54) is 98.7 Å². The summed E-state index contributed by atoms with van der Waals surface area (Å²) in [4.78, 5) is 2.33. The van der Waals surface area contributed by atoms with Crippen molar-refractivity contribution in [2.45, 2.75) is 79.3 Å². The first kappa shape index (κ1) is 28.6. The van der Waals surface area contributed by atoms with Crippen molar-refractivity contribution in [3.8, 4) is 22.3 Å². The molecule has 40 heavy (non-hydrogen) atoms. The van der Waals surface area contributed by atoms with Gasteiger partial charge in [0.1, 0.15) is 0 Å². The number of rotatable bonds is 6. The van der Waals surface area contributed by atoms with Crippen LogP contribution < -0.4 is 15.5 Å². The number of benzene rings is 4. The molecule has 1 saturated carbocycles. The fourth-order valence-electron chi connectivity index (χ4n) is 7.30. The Labute approximate surface area is 244 Å². The zero-order chi connectivity index (χ0) is 28.6. The van der Waals surface area contributed by atoms with Crippen LogP contribution in [0.3, 0.4) is 0 Å². The van der Waals surface area contributed by atoms with Gasteiger partial charge in [-0.3, -0.25) is 0 Å². The molecule has 1 aliphatic rings. The van der Waals surface area contributed by atoms with Crippen molar-refractivity contribution in [1.82, 2.24) is 0 Å². The first-order chi connectivity index (χ1) is 19.2. The molecule has 1 aliphatic carbocycles. The molecule has 2 heteroatoms. The summed E-state index contributed by atoms with van der Waals surface area (Å²) in [5.41, 5.74) is 16.0. The molecule has 1 unspecified atom stereocenters. The van der Waals surface area contributed by atoms with Gasteiger partial charge >= 0.3 is 0 Å². The molecule has 0 bridgehead atoms. The van der Waals surface area contributed by atoms with Crippen molar-refractivity contribution in [3.05, 3.63) is 100 Å². The molecule has 1 fully saturated rings. The molecule has 4 aromatic rings. The van der Waals surface area contributed by atoms with Gasteiger partial charge in [-0.25, -0.2) is 0 Å². The quantitative estimate of drug-likeness (QED) is 0.217. The maximum atomic E-state index is 2.44. The van der Waals surface area contributed by atoms with E-state index in [4.69, 9.17) is 0 Å². The Kier molecular flexibility index (Phi) is 8.53. The number of para-hydroxylation sites is 1. The number of aryl methyl sites for hydroxylation is 6. The molecule has 0 spiro atoms. The fraction of sp³-hybridized carbons (Fsp3) is 0.368. The van der Waals surface area contributed by atoms with E-state index in [9.17, 15) is 0 Å². The average molecular weight is 548 g/mol. The van der Waals surface area contributed by atoms with Gasteiger partial charge in [0.25, 0.3) is 0 Å². The largest absolute Gasteiger partial charge is 0.377 e. The maximum Gasteiger partial charge on any atom is 0.0442 e. The minimum absolute atomic E-state index is 0.618. The Morgan fingerprint density at radius 3 is 1.55 bits per heavy atom. The molecule has 0 aromatic heterocycles. The lowest BCUT2D eigenvalue weighted by atomic mass is 9.89.